The molecule has 0 radical (unpaired) electrons. The molecule has 1 N–H and O–H groups in total. The number of methoxy groups -OCH3 is 1. The van der Waals surface area contributed by atoms with Crippen molar-refractivity contribution in [1.29, 1.82) is 0 Å². The second-order valence-electron chi connectivity index (χ2n) is 8.30. The van der Waals surface area contributed by atoms with Gasteiger partial charge in [0.1, 0.15) is 17.3 Å². The predicted octanol–water partition coefficient (Wildman–Crippen LogP) is 4.90. The molecule has 1 aliphatic rings. The summed E-state index contributed by atoms with van der Waals surface area (Å²) in [5, 5.41) is 2.82. The summed E-state index contributed by atoms with van der Waals surface area (Å²) in [6.45, 7) is 2.03. The van der Waals surface area contributed by atoms with Crippen LogP contribution in [0.15, 0.2) is 72.8 Å². The van der Waals surface area contributed by atoms with Gasteiger partial charge in [-0.15, -0.1) is 0 Å². The summed E-state index contributed by atoms with van der Waals surface area (Å²) in [6, 6.07) is 20.2. The number of nitrogens with one attached hydrogen (secondary N) is 1. The second-order valence-corrected chi connectivity index (χ2v) is 8.30. The van der Waals surface area contributed by atoms with E-state index in [1.165, 1.54) is 19.2 Å². The van der Waals surface area contributed by atoms with E-state index in [-0.39, 0.29) is 23.6 Å². The Balaban J connectivity index is 1.32. The van der Waals surface area contributed by atoms with Crippen molar-refractivity contribution in [2.75, 3.05) is 25.5 Å². The number of esters is 1. The SMILES string of the molecule is COc1ccccc1C(=O)Nc1ccc(OC(=O)C2CCCN(Cc3cccc(F)c3)C2)cc1. The van der Waals surface area contributed by atoms with Crippen molar-refractivity contribution >= 4 is 17.6 Å². The molecular formula is C27H27FN2O4. The van der Waals surface area contributed by atoms with Gasteiger partial charge in [-0.05, 0) is 73.5 Å². The van der Waals surface area contributed by atoms with Gasteiger partial charge in [0.15, 0.2) is 0 Å². The zero-order valence-electron chi connectivity index (χ0n) is 19.0. The Morgan fingerprint density at radius 2 is 1.85 bits per heavy atom. The van der Waals surface area contributed by atoms with E-state index in [1.54, 1.807) is 54.6 Å². The summed E-state index contributed by atoms with van der Waals surface area (Å²) >= 11 is 0. The molecule has 1 aliphatic heterocycles. The minimum absolute atomic E-state index is 0.243. The van der Waals surface area contributed by atoms with Crippen molar-refractivity contribution < 1.29 is 23.5 Å². The van der Waals surface area contributed by atoms with Crippen molar-refractivity contribution in [2.24, 2.45) is 5.92 Å². The number of ether oxygens (including phenoxy) is 2. The fraction of sp³-hybridized carbons (Fsp3) is 0.259. The van der Waals surface area contributed by atoms with Crippen LogP contribution in [0.5, 0.6) is 11.5 Å². The van der Waals surface area contributed by atoms with Crippen LogP contribution in [0.1, 0.15) is 28.8 Å². The third-order valence-corrected chi connectivity index (χ3v) is 5.82. The average molecular weight is 463 g/mol. The van der Waals surface area contributed by atoms with Crippen molar-refractivity contribution in [3.8, 4) is 11.5 Å². The molecule has 3 aromatic carbocycles. The molecule has 1 saturated heterocycles. The molecule has 7 heteroatoms. The number of carbonyl (C=O) groups is 2. The molecule has 1 fully saturated rings. The van der Waals surface area contributed by atoms with Crippen molar-refractivity contribution in [1.82, 2.24) is 4.90 Å². The largest absolute Gasteiger partial charge is 0.496 e. The molecule has 0 bridgehead atoms. The van der Waals surface area contributed by atoms with Gasteiger partial charge in [-0.2, -0.15) is 0 Å². The summed E-state index contributed by atoms with van der Waals surface area (Å²) in [4.78, 5) is 27.4. The first-order chi connectivity index (χ1) is 16.5. The van der Waals surface area contributed by atoms with E-state index in [9.17, 15) is 14.0 Å². The van der Waals surface area contributed by atoms with Crippen molar-refractivity contribution in [2.45, 2.75) is 19.4 Å². The normalized spacial score (nSPS) is 16.0. The molecule has 3 aromatic rings. The maximum Gasteiger partial charge on any atom is 0.315 e. The molecule has 0 aliphatic carbocycles. The third-order valence-electron chi connectivity index (χ3n) is 5.82. The van der Waals surface area contributed by atoms with Crippen LogP contribution in [-0.2, 0) is 11.3 Å². The Morgan fingerprint density at radius 3 is 2.62 bits per heavy atom. The average Bonchev–Trinajstić information content (AvgIpc) is 2.85. The summed E-state index contributed by atoms with van der Waals surface area (Å²) in [5.74, 6) is -0.162. The highest BCUT2D eigenvalue weighted by molar-refractivity contribution is 6.06. The standard InChI is InChI=1S/C27H27FN2O4/c1-33-25-10-3-2-9-24(25)26(31)29-22-11-13-23(14-12-22)34-27(32)20-7-5-15-30(18-20)17-19-6-4-8-21(28)16-19/h2-4,6,8-14,16,20H,5,7,15,17-18H2,1H3,(H,29,31). The van der Waals surface area contributed by atoms with Crippen LogP contribution in [0.2, 0.25) is 0 Å². The van der Waals surface area contributed by atoms with E-state index in [0.29, 0.717) is 35.8 Å². The van der Waals surface area contributed by atoms with E-state index in [4.69, 9.17) is 9.47 Å². The number of nitrogens with zero attached hydrogens (tertiary/aromatic N) is 1. The van der Waals surface area contributed by atoms with E-state index in [0.717, 1.165) is 24.9 Å². The number of likely N-dealkylation sites (tertiary alicyclic amines) is 1. The summed E-state index contributed by atoms with van der Waals surface area (Å²) in [6.07, 6.45) is 1.63. The van der Waals surface area contributed by atoms with Gasteiger partial charge < -0.3 is 14.8 Å². The van der Waals surface area contributed by atoms with Crippen LogP contribution in [0.4, 0.5) is 10.1 Å². The number of halogens is 1. The van der Waals surface area contributed by atoms with E-state index in [1.807, 2.05) is 6.07 Å². The minimum atomic E-state index is -0.289. The number of hydrogen-bond acceptors (Lipinski definition) is 5. The highest BCUT2D eigenvalue weighted by Gasteiger charge is 2.27. The van der Waals surface area contributed by atoms with Gasteiger partial charge in [-0.25, -0.2) is 4.39 Å². The molecule has 1 atom stereocenters. The second kappa shape index (κ2) is 10.9. The van der Waals surface area contributed by atoms with Gasteiger partial charge in [0.25, 0.3) is 5.91 Å². The number of rotatable bonds is 7. The maximum absolute atomic E-state index is 13.5. The Bertz CT molecular complexity index is 1150. The number of hydrogen-bond donors (Lipinski definition) is 1. The fourth-order valence-corrected chi connectivity index (χ4v) is 4.12. The monoisotopic (exact) mass is 462 g/mol. The van der Waals surface area contributed by atoms with Crippen molar-refractivity contribution in [3.63, 3.8) is 0 Å². The first kappa shape index (κ1) is 23.4. The van der Waals surface area contributed by atoms with E-state index < -0.39 is 0 Å². The molecule has 4 rings (SSSR count). The molecule has 1 heterocycles. The molecule has 6 nitrogen and oxygen atoms in total. The van der Waals surface area contributed by atoms with Gasteiger partial charge in [0.2, 0.25) is 0 Å². The first-order valence-electron chi connectivity index (χ1n) is 11.2. The number of carbonyl (C=O) groups excluding carboxylic acids is 2. The van der Waals surface area contributed by atoms with Crippen molar-refractivity contribution in [3.05, 3.63) is 89.7 Å². The van der Waals surface area contributed by atoms with E-state index in [2.05, 4.69) is 10.2 Å². The van der Waals surface area contributed by atoms with Crippen LogP contribution >= 0.6 is 0 Å². The molecule has 34 heavy (non-hydrogen) atoms. The predicted molar refractivity (Wildman–Crippen MR) is 127 cm³/mol. The molecular weight excluding hydrogens is 435 g/mol. The smallest absolute Gasteiger partial charge is 0.315 e. The first-order valence-corrected chi connectivity index (χ1v) is 11.2. The quantitative estimate of drug-likeness (QED) is 0.399. The zero-order chi connectivity index (χ0) is 23.9. The number of anilines is 1. The maximum atomic E-state index is 13.5. The number of amides is 1. The van der Waals surface area contributed by atoms with E-state index >= 15 is 0 Å². The third kappa shape index (κ3) is 5.99. The van der Waals surface area contributed by atoms with Gasteiger partial charge in [0, 0.05) is 18.8 Å². The van der Waals surface area contributed by atoms with Crippen LogP contribution < -0.4 is 14.8 Å². The molecule has 1 unspecified atom stereocenters. The van der Waals surface area contributed by atoms with Crippen LogP contribution in [0, 0.1) is 11.7 Å². The summed E-state index contributed by atoms with van der Waals surface area (Å²) < 4.78 is 24.3. The Morgan fingerprint density at radius 1 is 1.06 bits per heavy atom. The minimum Gasteiger partial charge on any atom is -0.496 e. The lowest BCUT2D eigenvalue weighted by molar-refractivity contribution is -0.140. The lowest BCUT2D eigenvalue weighted by Crippen LogP contribution is -2.39. The Hall–Kier alpha value is -3.71. The Labute approximate surface area is 198 Å². The number of para-hydroxylation sites is 1. The lowest BCUT2D eigenvalue weighted by Gasteiger charge is -2.31. The van der Waals surface area contributed by atoms with Gasteiger partial charge >= 0.3 is 5.97 Å². The number of piperidine rings is 1. The van der Waals surface area contributed by atoms with Gasteiger partial charge in [0.05, 0.1) is 18.6 Å². The van der Waals surface area contributed by atoms with Gasteiger partial charge in [-0.1, -0.05) is 24.3 Å². The van der Waals surface area contributed by atoms with Crippen LogP contribution in [0.3, 0.4) is 0 Å². The number of benzene rings is 3. The Kier molecular flexibility index (Phi) is 7.54. The molecule has 0 aromatic heterocycles. The van der Waals surface area contributed by atoms with Gasteiger partial charge in [-0.3, -0.25) is 14.5 Å². The van der Waals surface area contributed by atoms with Crippen LogP contribution in [-0.4, -0.2) is 37.0 Å². The summed E-state index contributed by atoms with van der Waals surface area (Å²) in [5.41, 5.74) is 1.90. The lowest BCUT2D eigenvalue weighted by atomic mass is 9.97. The topological polar surface area (TPSA) is 67.9 Å². The zero-order valence-corrected chi connectivity index (χ0v) is 19.0. The highest BCUT2D eigenvalue weighted by Crippen LogP contribution is 2.24. The molecule has 176 valence electrons. The molecule has 0 spiro atoms. The summed E-state index contributed by atoms with van der Waals surface area (Å²) in [7, 11) is 1.52. The van der Waals surface area contributed by atoms with Crippen LogP contribution in [0.25, 0.3) is 0 Å². The molecule has 1 amide bonds. The highest BCUT2D eigenvalue weighted by atomic mass is 19.1. The fourth-order valence-electron chi connectivity index (χ4n) is 4.12. The molecule has 0 saturated carbocycles.